The number of benzene rings is 2. The van der Waals surface area contributed by atoms with Gasteiger partial charge >= 0.3 is 0 Å². The van der Waals surface area contributed by atoms with Gasteiger partial charge in [0.25, 0.3) is 0 Å². The van der Waals surface area contributed by atoms with Crippen LogP contribution >= 0.6 is 0 Å². The minimum atomic E-state index is -3.52. The van der Waals surface area contributed by atoms with E-state index < -0.39 is 10.0 Å². The first-order chi connectivity index (χ1) is 13.0. The van der Waals surface area contributed by atoms with Crippen molar-refractivity contribution in [3.8, 4) is 11.5 Å². The summed E-state index contributed by atoms with van der Waals surface area (Å²) in [5, 5.41) is 0. The molecule has 0 bridgehead atoms. The molecule has 0 heterocycles. The van der Waals surface area contributed by atoms with Crippen LogP contribution in [0.1, 0.15) is 30.0 Å². The van der Waals surface area contributed by atoms with E-state index in [9.17, 15) is 8.42 Å². The predicted molar refractivity (Wildman–Crippen MR) is 107 cm³/mol. The van der Waals surface area contributed by atoms with E-state index in [4.69, 9.17) is 9.47 Å². The van der Waals surface area contributed by atoms with Gasteiger partial charge in [-0.05, 0) is 54.7 Å². The summed E-state index contributed by atoms with van der Waals surface area (Å²) >= 11 is 0. The fourth-order valence-electron chi connectivity index (χ4n) is 3.24. The molecule has 5 nitrogen and oxygen atoms in total. The van der Waals surface area contributed by atoms with Gasteiger partial charge in [0, 0.05) is 13.6 Å². The molecule has 0 aromatic heterocycles. The summed E-state index contributed by atoms with van der Waals surface area (Å²) in [6.45, 7) is 2.72. The average molecular weight is 388 g/mol. The summed E-state index contributed by atoms with van der Waals surface area (Å²) in [6.07, 6.45) is 3.06. The molecule has 0 fully saturated rings. The number of hydrogen-bond donors (Lipinski definition) is 0. The minimum Gasteiger partial charge on any atom is -0.493 e. The maximum Gasteiger partial charge on any atom is 0.239 e. The molecule has 0 atom stereocenters. The van der Waals surface area contributed by atoms with Crippen LogP contribution in [-0.4, -0.2) is 33.5 Å². The van der Waals surface area contributed by atoms with Crippen LogP contribution in [0.3, 0.4) is 0 Å². The van der Waals surface area contributed by atoms with E-state index in [1.54, 1.807) is 20.2 Å². The smallest absolute Gasteiger partial charge is 0.239 e. The first-order valence-electron chi connectivity index (χ1n) is 9.00. The summed E-state index contributed by atoms with van der Waals surface area (Å²) in [6, 6.07) is 13.4. The third kappa shape index (κ3) is 4.17. The molecule has 0 saturated heterocycles. The summed E-state index contributed by atoms with van der Waals surface area (Å²) in [7, 11) is -0.334. The average Bonchev–Trinajstić information content (AvgIpc) is 2.68. The summed E-state index contributed by atoms with van der Waals surface area (Å²) in [4.78, 5) is 0.460. The molecule has 2 aromatic rings. The van der Waals surface area contributed by atoms with Gasteiger partial charge in [-0.2, -0.15) is 4.31 Å². The largest absolute Gasteiger partial charge is 0.493 e. The van der Waals surface area contributed by atoms with Crippen molar-refractivity contribution in [1.29, 1.82) is 0 Å². The third-order valence-electron chi connectivity index (χ3n) is 4.69. The normalized spacial score (nSPS) is 13.9. The number of methoxy groups -OCH3 is 1. The Balaban J connectivity index is 1.81. The van der Waals surface area contributed by atoms with E-state index in [0.29, 0.717) is 29.4 Å². The number of aryl methyl sites for hydroxylation is 1. The molecule has 6 heteroatoms. The number of hydrogen-bond acceptors (Lipinski definition) is 4. The van der Waals surface area contributed by atoms with Crippen LogP contribution in [0, 0.1) is 0 Å². The van der Waals surface area contributed by atoms with Crippen LogP contribution in [0.4, 0.5) is 0 Å². The van der Waals surface area contributed by atoms with Crippen LogP contribution < -0.4 is 9.47 Å². The molecule has 0 unspecified atom stereocenters. The van der Waals surface area contributed by atoms with Crippen molar-refractivity contribution in [2.45, 2.75) is 26.3 Å². The van der Waals surface area contributed by atoms with Crippen LogP contribution in [-0.2, 0) is 23.0 Å². The molecule has 0 spiro atoms. The molecule has 3 rings (SSSR count). The molecular formula is C21H25NO4S. The Labute approximate surface area is 161 Å². The zero-order valence-corrected chi connectivity index (χ0v) is 16.8. The van der Waals surface area contributed by atoms with Crippen LogP contribution in [0.25, 0.3) is 6.08 Å². The summed E-state index contributed by atoms with van der Waals surface area (Å²) in [5.74, 6) is 1.26. The van der Waals surface area contributed by atoms with E-state index in [1.165, 1.54) is 9.87 Å². The third-order valence-corrected chi connectivity index (χ3v) is 6.62. The number of ether oxygens (including phenoxy) is 2. The second-order valence-electron chi connectivity index (χ2n) is 6.49. The number of allylic oxidation sites excluding steroid dienone is 1. The molecular weight excluding hydrogens is 362 g/mol. The van der Waals surface area contributed by atoms with Gasteiger partial charge in [-0.15, -0.1) is 0 Å². The van der Waals surface area contributed by atoms with E-state index >= 15 is 0 Å². The quantitative estimate of drug-likeness (QED) is 0.724. The van der Waals surface area contributed by atoms with Crippen LogP contribution in [0.2, 0.25) is 0 Å². The Morgan fingerprint density at radius 3 is 2.59 bits per heavy atom. The Bertz CT molecular complexity index is 950. The van der Waals surface area contributed by atoms with Gasteiger partial charge in [0.2, 0.25) is 10.0 Å². The first-order valence-corrected chi connectivity index (χ1v) is 10.4. The van der Waals surface area contributed by atoms with Gasteiger partial charge in [0.15, 0.2) is 11.5 Å². The van der Waals surface area contributed by atoms with Gasteiger partial charge < -0.3 is 9.47 Å². The summed E-state index contributed by atoms with van der Waals surface area (Å²) < 4.78 is 38.3. The Morgan fingerprint density at radius 1 is 1.07 bits per heavy atom. The fraction of sp³-hybridized carbons (Fsp3) is 0.333. The molecule has 0 saturated carbocycles. The van der Waals surface area contributed by atoms with Crippen molar-refractivity contribution in [2.24, 2.45) is 0 Å². The predicted octanol–water partition coefficient (Wildman–Crippen LogP) is 3.84. The fourth-order valence-corrected chi connectivity index (χ4v) is 4.59. The standard InChI is InChI=1S/C21H25NO4S/c1-4-26-20-12-9-16(13-21(20)25-3)15-22(2)27(23,24)19-11-10-17-7-5-6-8-18(17)14-19/h5-9,12-14H,4,10-11,15H2,1-3H3. The van der Waals surface area contributed by atoms with E-state index in [2.05, 4.69) is 0 Å². The van der Waals surface area contributed by atoms with Crippen LogP contribution in [0.5, 0.6) is 11.5 Å². The zero-order valence-electron chi connectivity index (χ0n) is 15.9. The SMILES string of the molecule is CCOc1ccc(CN(C)S(=O)(=O)C2=Cc3ccccc3CC2)cc1OC. The molecule has 1 aliphatic rings. The Kier molecular flexibility index (Phi) is 5.87. The van der Waals surface area contributed by atoms with E-state index in [1.807, 2.05) is 49.4 Å². The summed E-state index contributed by atoms with van der Waals surface area (Å²) in [5.41, 5.74) is 3.02. The lowest BCUT2D eigenvalue weighted by Gasteiger charge is -2.23. The molecule has 27 heavy (non-hydrogen) atoms. The Morgan fingerprint density at radius 2 is 1.85 bits per heavy atom. The highest BCUT2D eigenvalue weighted by atomic mass is 32.2. The molecule has 1 aliphatic carbocycles. The topological polar surface area (TPSA) is 55.8 Å². The second-order valence-corrected chi connectivity index (χ2v) is 8.59. The lowest BCUT2D eigenvalue weighted by molar-refractivity contribution is 0.310. The van der Waals surface area contributed by atoms with Crippen molar-refractivity contribution in [1.82, 2.24) is 4.31 Å². The number of rotatable bonds is 7. The van der Waals surface area contributed by atoms with Gasteiger partial charge in [-0.3, -0.25) is 0 Å². The lowest BCUT2D eigenvalue weighted by Crippen LogP contribution is -2.28. The molecule has 0 aliphatic heterocycles. The molecule has 0 N–H and O–H groups in total. The van der Waals surface area contributed by atoms with Crippen molar-refractivity contribution in [3.05, 3.63) is 64.1 Å². The van der Waals surface area contributed by atoms with Gasteiger partial charge in [-0.25, -0.2) is 8.42 Å². The van der Waals surface area contributed by atoms with Crippen molar-refractivity contribution < 1.29 is 17.9 Å². The number of nitrogens with zero attached hydrogens (tertiary/aromatic N) is 1. The monoisotopic (exact) mass is 387 g/mol. The molecule has 0 amide bonds. The highest BCUT2D eigenvalue weighted by Crippen LogP contribution is 2.31. The highest BCUT2D eigenvalue weighted by molar-refractivity contribution is 7.93. The van der Waals surface area contributed by atoms with Gasteiger partial charge in [0.05, 0.1) is 18.6 Å². The van der Waals surface area contributed by atoms with Crippen molar-refractivity contribution in [3.63, 3.8) is 0 Å². The van der Waals surface area contributed by atoms with E-state index in [0.717, 1.165) is 17.5 Å². The molecule has 2 aromatic carbocycles. The van der Waals surface area contributed by atoms with Crippen LogP contribution in [0.15, 0.2) is 47.4 Å². The minimum absolute atomic E-state index is 0.268. The maximum absolute atomic E-state index is 13.0. The highest BCUT2D eigenvalue weighted by Gasteiger charge is 2.26. The van der Waals surface area contributed by atoms with Crippen molar-refractivity contribution in [2.75, 3.05) is 20.8 Å². The lowest BCUT2D eigenvalue weighted by atomic mass is 9.98. The number of sulfonamides is 1. The van der Waals surface area contributed by atoms with E-state index in [-0.39, 0.29) is 6.54 Å². The van der Waals surface area contributed by atoms with Gasteiger partial charge in [0.1, 0.15) is 0 Å². The molecule has 0 radical (unpaired) electrons. The zero-order chi connectivity index (χ0) is 19.4. The second kappa shape index (κ2) is 8.15. The molecule has 144 valence electrons. The Hall–Kier alpha value is -2.31. The number of fused-ring (bicyclic) bond motifs is 1. The first kappa shape index (κ1) is 19.5. The maximum atomic E-state index is 13.0. The van der Waals surface area contributed by atoms with Gasteiger partial charge in [-0.1, -0.05) is 30.3 Å². The van der Waals surface area contributed by atoms with Crippen molar-refractivity contribution >= 4 is 16.1 Å².